The lowest BCUT2D eigenvalue weighted by molar-refractivity contribution is -0.137. The van der Waals surface area contributed by atoms with E-state index in [4.69, 9.17) is 4.74 Å². The number of carbonyl (C=O) groups is 3. The van der Waals surface area contributed by atoms with Crippen molar-refractivity contribution < 1.29 is 19.1 Å². The molecule has 1 aromatic carbocycles. The van der Waals surface area contributed by atoms with Crippen LogP contribution in [0.25, 0.3) is 0 Å². The minimum absolute atomic E-state index is 0.116. The van der Waals surface area contributed by atoms with E-state index in [1.807, 2.05) is 34.1 Å². The molecule has 0 spiro atoms. The molecule has 0 unspecified atom stereocenters. The van der Waals surface area contributed by atoms with Crippen molar-refractivity contribution in [3.8, 4) is 5.75 Å². The second-order valence-electron chi connectivity index (χ2n) is 11.1. The molecule has 5 rings (SSSR count). The second-order valence-corrected chi connectivity index (χ2v) is 11.1. The molecule has 37 heavy (non-hydrogen) atoms. The van der Waals surface area contributed by atoms with Gasteiger partial charge in [0.1, 0.15) is 12.4 Å². The molecule has 1 saturated carbocycles. The zero-order valence-corrected chi connectivity index (χ0v) is 21.9. The molecule has 1 aliphatic carbocycles. The maximum absolute atomic E-state index is 13.6. The summed E-state index contributed by atoms with van der Waals surface area (Å²) in [7, 11) is 0. The van der Waals surface area contributed by atoms with Crippen molar-refractivity contribution in [2.45, 2.75) is 64.1 Å². The summed E-state index contributed by atoms with van der Waals surface area (Å²) in [6.07, 6.45) is 9.44. The first-order valence-corrected chi connectivity index (χ1v) is 13.9. The summed E-state index contributed by atoms with van der Waals surface area (Å²) in [6.45, 7) is 5.85. The molecule has 8 heteroatoms. The van der Waals surface area contributed by atoms with E-state index in [1.165, 1.54) is 0 Å². The summed E-state index contributed by atoms with van der Waals surface area (Å²) >= 11 is 0. The molecule has 3 amide bonds. The third-order valence-corrected chi connectivity index (χ3v) is 8.38. The summed E-state index contributed by atoms with van der Waals surface area (Å²) in [5.74, 6) is 1.60. The Kier molecular flexibility index (Phi) is 8.13. The van der Waals surface area contributed by atoms with Gasteiger partial charge in [0.05, 0.1) is 6.54 Å². The number of piperidine rings is 2. The Labute approximate surface area is 220 Å². The summed E-state index contributed by atoms with van der Waals surface area (Å²) in [6, 6.07) is 8.67. The topological polar surface area (TPSA) is 82.2 Å². The van der Waals surface area contributed by atoms with Crippen molar-refractivity contribution in [2.75, 3.05) is 39.3 Å². The summed E-state index contributed by atoms with van der Waals surface area (Å²) in [5, 5.41) is 3.12. The van der Waals surface area contributed by atoms with Crippen LogP contribution in [0.2, 0.25) is 0 Å². The van der Waals surface area contributed by atoms with Gasteiger partial charge in [-0.15, -0.1) is 0 Å². The molecule has 3 heterocycles. The maximum Gasteiger partial charge on any atom is 0.236 e. The van der Waals surface area contributed by atoms with Crippen LogP contribution in [-0.4, -0.2) is 83.8 Å². The quantitative estimate of drug-likeness (QED) is 0.633. The zero-order chi connectivity index (χ0) is 25.8. The van der Waals surface area contributed by atoms with Gasteiger partial charge in [-0.3, -0.25) is 19.3 Å². The van der Waals surface area contributed by atoms with Gasteiger partial charge >= 0.3 is 0 Å². The van der Waals surface area contributed by atoms with Crippen LogP contribution in [0.3, 0.4) is 0 Å². The number of rotatable bonds is 4. The minimum atomic E-state index is 0.116. The molecular weight excluding hydrogens is 468 g/mol. The average molecular weight is 509 g/mol. The highest BCUT2D eigenvalue weighted by Crippen LogP contribution is 2.30. The highest BCUT2D eigenvalue weighted by atomic mass is 16.5. The van der Waals surface area contributed by atoms with Crippen molar-refractivity contribution in [1.82, 2.24) is 20.0 Å². The number of likely N-dealkylation sites (tertiary alicyclic amines) is 1. The Bertz CT molecular complexity index is 1010. The molecule has 3 fully saturated rings. The molecular formula is C29H40N4O4. The minimum Gasteiger partial charge on any atom is -0.489 e. The molecule has 0 radical (unpaired) electrons. The highest BCUT2D eigenvalue weighted by Gasteiger charge is 2.35. The van der Waals surface area contributed by atoms with E-state index in [-0.39, 0.29) is 35.6 Å². The normalized spacial score (nSPS) is 26.7. The number of nitrogens with zero attached hydrogens (tertiary/aromatic N) is 3. The Hall–Kier alpha value is -2.87. The predicted molar refractivity (Wildman–Crippen MR) is 141 cm³/mol. The van der Waals surface area contributed by atoms with E-state index < -0.39 is 0 Å². The fourth-order valence-corrected chi connectivity index (χ4v) is 5.98. The van der Waals surface area contributed by atoms with E-state index in [1.54, 1.807) is 6.92 Å². The first kappa shape index (κ1) is 25.8. The molecule has 1 N–H and O–H groups in total. The lowest BCUT2D eigenvalue weighted by Crippen LogP contribution is -2.51. The van der Waals surface area contributed by atoms with Gasteiger partial charge in [0, 0.05) is 63.7 Å². The SMILES string of the molecule is CC(=O)N1CCC(N2CC(=O)N3CC[C@@H](CC(=O)NC4CC4)[C@@H](/C=C/COc4ccccc4C2)C3)CC1. The fraction of sp³-hybridized carbons (Fsp3) is 0.621. The van der Waals surface area contributed by atoms with Gasteiger partial charge in [-0.2, -0.15) is 0 Å². The third-order valence-electron chi connectivity index (χ3n) is 8.38. The smallest absolute Gasteiger partial charge is 0.236 e. The van der Waals surface area contributed by atoms with Crippen LogP contribution in [0.4, 0.5) is 0 Å². The molecule has 3 aliphatic heterocycles. The van der Waals surface area contributed by atoms with Crippen LogP contribution in [-0.2, 0) is 20.9 Å². The number of para-hydroxylation sites is 1. The molecule has 200 valence electrons. The van der Waals surface area contributed by atoms with Crippen LogP contribution in [0.5, 0.6) is 5.75 Å². The molecule has 2 saturated heterocycles. The first-order valence-electron chi connectivity index (χ1n) is 13.9. The zero-order valence-electron chi connectivity index (χ0n) is 21.9. The second kappa shape index (κ2) is 11.7. The van der Waals surface area contributed by atoms with Crippen molar-refractivity contribution in [3.05, 3.63) is 42.0 Å². The van der Waals surface area contributed by atoms with E-state index in [0.717, 1.165) is 56.5 Å². The average Bonchev–Trinajstić information content (AvgIpc) is 3.71. The van der Waals surface area contributed by atoms with Gasteiger partial charge in [-0.05, 0) is 50.0 Å². The lowest BCUT2D eigenvalue weighted by atomic mass is 9.82. The van der Waals surface area contributed by atoms with Gasteiger partial charge in [0.15, 0.2) is 0 Å². The van der Waals surface area contributed by atoms with Crippen molar-refractivity contribution in [2.24, 2.45) is 11.8 Å². The van der Waals surface area contributed by atoms with Gasteiger partial charge in [-0.1, -0.05) is 30.4 Å². The molecule has 0 aromatic heterocycles. The standard InChI is InChI=1S/C29H40N4O4/c1-21(34)31-14-11-26(12-15-31)33-19-24-5-2-3-7-27(24)37-16-4-6-23-18-32(29(36)20-33)13-10-22(23)17-28(35)30-25-8-9-25/h2-7,22-23,25-26H,8-20H2,1H3,(H,30,35)/b6-4+/t22-,23-/m0/s1. The third kappa shape index (κ3) is 6.72. The molecule has 8 nitrogen and oxygen atoms in total. The van der Waals surface area contributed by atoms with Crippen molar-refractivity contribution in [1.29, 1.82) is 0 Å². The largest absolute Gasteiger partial charge is 0.489 e. The number of fused-ring (bicyclic) bond motifs is 3. The van der Waals surface area contributed by atoms with Crippen molar-refractivity contribution in [3.63, 3.8) is 0 Å². The van der Waals surface area contributed by atoms with Gasteiger partial charge in [-0.25, -0.2) is 0 Å². The van der Waals surface area contributed by atoms with E-state index >= 15 is 0 Å². The lowest BCUT2D eigenvalue weighted by Gasteiger charge is -2.41. The Morgan fingerprint density at radius 1 is 1.03 bits per heavy atom. The molecule has 1 aromatic rings. The molecule has 2 atom stereocenters. The predicted octanol–water partition coefficient (Wildman–Crippen LogP) is 2.58. The summed E-state index contributed by atoms with van der Waals surface area (Å²) in [4.78, 5) is 44.2. The Balaban J connectivity index is 1.33. The van der Waals surface area contributed by atoms with Crippen molar-refractivity contribution >= 4 is 17.7 Å². The maximum atomic E-state index is 13.6. The highest BCUT2D eigenvalue weighted by molar-refractivity contribution is 5.79. The van der Waals surface area contributed by atoms with Crippen LogP contribution in [0, 0.1) is 11.8 Å². The number of ether oxygens (including phenoxy) is 1. The van der Waals surface area contributed by atoms with E-state index in [2.05, 4.69) is 22.4 Å². The number of amides is 3. The van der Waals surface area contributed by atoms with Gasteiger partial charge in [0.25, 0.3) is 0 Å². The van der Waals surface area contributed by atoms with Gasteiger partial charge in [0.2, 0.25) is 17.7 Å². The van der Waals surface area contributed by atoms with E-state index in [0.29, 0.717) is 45.2 Å². The first-order chi connectivity index (χ1) is 18.0. The monoisotopic (exact) mass is 508 g/mol. The number of hydrogen-bond donors (Lipinski definition) is 1. The number of hydrogen-bond acceptors (Lipinski definition) is 5. The Morgan fingerprint density at radius 2 is 1.81 bits per heavy atom. The van der Waals surface area contributed by atoms with Gasteiger partial charge < -0.3 is 19.9 Å². The summed E-state index contributed by atoms with van der Waals surface area (Å²) in [5.41, 5.74) is 1.07. The van der Waals surface area contributed by atoms with E-state index in [9.17, 15) is 14.4 Å². The van der Waals surface area contributed by atoms with Crippen LogP contribution >= 0.6 is 0 Å². The Morgan fingerprint density at radius 3 is 2.57 bits per heavy atom. The number of carbonyl (C=O) groups excluding carboxylic acids is 3. The van der Waals surface area contributed by atoms with Crippen LogP contribution in [0.15, 0.2) is 36.4 Å². The molecule has 2 bridgehead atoms. The summed E-state index contributed by atoms with van der Waals surface area (Å²) < 4.78 is 6.18. The van der Waals surface area contributed by atoms with Crippen LogP contribution < -0.4 is 10.1 Å². The number of benzene rings is 1. The molecule has 4 aliphatic rings. The number of nitrogens with one attached hydrogen (secondary N) is 1. The fourth-order valence-electron chi connectivity index (χ4n) is 5.98. The van der Waals surface area contributed by atoms with Crippen LogP contribution in [0.1, 0.15) is 51.0 Å².